The van der Waals surface area contributed by atoms with Crippen LogP contribution in [0.2, 0.25) is 0 Å². The molecular weight excluding hydrogens is 282 g/mol. The minimum atomic E-state index is -0.777. The largest absolute Gasteiger partial charge is 0.480 e. The summed E-state index contributed by atoms with van der Waals surface area (Å²) in [5.41, 5.74) is 1.91. The minimum Gasteiger partial charge on any atom is -0.480 e. The SMILES string of the molecule is CCCC(=O)Nc1ccc(N2CCN(CC(=O)O)CC2)cc1. The highest BCUT2D eigenvalue weighted by atomic mass is 16.4. The van der Waals surface area contributed by atoms with Gasteiger partial charge in [-0.05, 0) is 30.7 Å². The van der Waals surface area contributed by atoms with Gasteiger partial charge in [-0.15, -0.1) is 0 Å². The van der Waals surface area contributed by atoms with Crippen molar-refractivity contribution in [2.45, 2.75) is 19.8 Å². The fraction of sp³-hybridized carbons (Fsp3) is 0.500. The van der Waals surface area contributed by atoms with Crippen molar-refractivity contribution in [2.24, 2.45) is 0 Å². The molecule has 0 radical (unpaired) electrons. The molecule has 1 heterocycles. The monoisotopic (exact) mass is 305 g/mol. The molecule has 1 saturated heterocycles. The van der Waals surface area contributed by atoms with Crippen LogP contribution in [0.4, 0.5) is 11.4 Å². The Morgan fingerprint density at radius 3 is 2.32 bits per heavy atom. The molecule has 1 amide bonds. The van der Waals surface area contributed by atoms with E-state index in [-0.39, 0.29) is 12.5 Å². The van der Waals surface area contributed by atoms with E-state index in [1.165, 1.54) is 0 Å². The molecule has 1 aromatic carbocycles. The zero-order valence-electron chi connectivity index (χ0n) is 12.9. The van der Waals surface area contributed by atoms with Gasteiger partial charge in [-0.2, -0.15) is 0 Å². The molecular formula is C16H23N3O3. The first-order valence-corrected chi connectivity index (χ1v) is 7.67. The second-order valence-corrected chi connectivity index (χ2v) is 5.50. The summed E-state index contributed by atoms with van der Waals surface area (Å²) < 4.78 is 0. The average molecular weight is 305 g/mol. The molecule has 0 aliphatic carbocycles. The first-order chi connectivity index (χ1) is 10.6. The van der Waals surface area contributed by atoms with Crippen molar-refractivity contribution in [3.63, 3.8) is 0 Å². The van der Waals surface area contributed by atoms with Crippen LogP contribution in [0.1, 0.15) is 19.8 Å². The Kier molecular flexibility index (Phi) is 5.77. The molecule has 2 rings (SSSR count). The number of aliphatic carboxylic acids is 1. The molecule has 1 aliphatic heterocycles. The van der Waals surface area contributed by atoms with Crippen LogP contribution in [0.5, 0.6) is 0 Å². The maximum Gasteiger partial charge on any atom is 0.317 e. The Morgan fingerprint density at radius 1 is 1.14 bits per heavy atom. The van der Waals surface area contributed by atoms with Crippen molar-refractivity contribution in [1.29, 1.82) is 0 Å². The Balaban J connectivity index is 1.86. The molecule has 22 heavy (non-hydrogen) atoms. The predicted molar refractivity (Wildman–Crippen MR) is 86.3 cm³/mol. The average Bonchev–Trinajstić information content (AvgIpc) is 2.48. The topological polar surface area (TPSA) is 72.9 Å². The van der Waals surface area contributed by atoms with Crippen molar-refractivity contribution >= 4 is 23.3 Å². The summed E-state index contributed by atoms with van der Waals surface area (Å²) in [6, 6.07) is 7.81. The van der Waals surface area contributed by atoms with Crippen LogP contribution < -0.4 is 10.2 Å². The van der Waals surface area contributed by atoms with Gasteiger partial charge in [0.15, 0.2) is 0 Å². The number of benzene rings is 1. The number of nitrogens with zero attached hydrogens (tertiary/aromatic N) is 2. The van der Waals surface area contributed by atoms with Crippen LogP contribution in [-0.2, 0) is 9.59 Å². The number of piperazine rings is 1. The molecule has 6 heteroatoms. The number of carbonyl (C=O) groups is 2. The van der Waals surface area contributed by atoms with E-state index in [9.17, 15) is 9.59 Å². The van der Waals surface area contributed by atoms with E-state index in [0.717, 1.165) is 44.0 Å². The van der Waals surface area contributed by atoms with E-state index in [2.05, 4.69) is 10.2 Å². The fourth-order valence-electron chi connectivity index (χ4n) is 2.56. The lowest BCUT2D eigenvalue weighted by Crippen LogP contribution is -2.47. The second-order valence-electron chi connectivity index (χ2n) is 5.50. The van der Waals surface area contributed by atoms with Gasteiger partial charge in [0.25, 0.3) is 0 Å². The van der Waals surface area contributed by atoms with Gasteiger partial charge in [0, 0.05) is 44.0 Å². The number of carboxylic acid groups (broad SMARTS) is 1. The van der Waals surface area contributed by atoms with E-state index in [1.807, 2.05) is 36.1 Å². The lowest BCUT2D eigenvalue weighted by Gasteiger charge is -2.35. The molecule has 120 valence electrons. The van der Waals surface area contributed by atoms with Crippen molar-refractivity contribution in [1.82, 2.24) is 4.90 Å². The molecule has 2 N–H and O–H groups in total. The molecule has 1 aliphatic rings. The standard InChI is InChI=1S/C16H23N3O3/c1-2-3-15(20)17-13-4-6-14(7-5-13)19-10-8-18(9-11-19)12-16(21)22/h4-7H,2-3,8-12H2,1H3,(H,17,20)(H,21,22). The highest BCUT2D eigenvalue weighted by Gasteiger charge is 2.18. The number of carboxylic acids is 1. The molecule has 0 atom stereocenters. The van der Waals surface area contributed by atoms with Crippen LogP contribution in [0, 0.1) is 0 Å². The van der Waals surface area contributed by atoms with E-state index >= 15 is 0 Å². The Labute approximate surface area is 130 Å². The Hall–Kier alpha value is -2.08. The Morgan fingerprint density at radius 2 is 1.77 bits per heavy atom. The summed E-state index contributed by atoms with van der Waals surface area (Å²) in [5, 5.41) is 11.7. The molecule has 0 bridgehead atoms. The minimum absolute atomic E-state index is 0.0394. The van der Waals surface area contributed by atoms with Crippen LogP contribution in [0.15, 0.2) is 24.3 Å². The fourth-order valence-corrected chi connectivity index (χ4v) is 2.56. The maximum atomic E-state index is 11.5. The van der Waals surface area contributed by atoms with E-state index in [1.54, 1.807) is 0 Å². The normalized spacial score (nSPS) is 15.6. The van der Waals surface area contributed by atoms with E-state index in [0.29, 0.717) is 6.42 Å². The third-order valence-electron chi connectivity index (χ3n) is 3.72. The molecule has 0 unspecified atom stereocenters. The third kappa shape index (κ3) is 4.73. The van der Waals surface area contributed by atoms with Crippen LogP contribution in [0.3, 0.4) is 0 Å². The zero-order chi connectivity index (χ0) is 15.9. The van der Waals surface area contributed by atoms with E-state index in [4.69, 9.17) is 5.11 Å². The van der Waals surface area contributed by atoms with Crippen molar-refractivity contribution in [3.05, 3.63) is 24.3 Å². The van der Waals surface area contributed by atoms with Gasteiger partial charge in [-0.3, -0.25) is 14.5 Å². The number of nitrogens with one attached hydrogen (secondary N) is 1. The van der Waals surface area contributed by atoms with Crippen LogP contribution in [0.25, 0.3) is 0 Å². The van der Waals surface area contributed by atoms with E-state index < -0.39 is 5.97 Å². The second kappa shape index (κ2) is 7.79. The van der Waals surface area contributed by atoms with Crippen LogP contribution >= 0.6 is 0 Å². The molecule has 1 aromatic rings. The predicted octanol–water partition coefficient (Wildman–Crippen LogP) is 1.63. The first-order valence-electron chi connectivity index (χ1n) is 7.67. The molecule has 0 aromatic heterocycles. The summed E-state index contributed by atoms with van der Waals surface area (Å²) in [6.45, 7) is 5.22. The number of amides is 1. The summed E-state index contributed by atoms with van der Waals surface area (Å²) in [7, 11) is 0. The number of rotatable bonds is 6. The first kappa shape index (κ1) is 16.3. The van der Waals surface area contributed by atoms with Gasteiger partial charge in [-0.1, -0.05) is 6.92 Å². The summed E-state index contributed by atoms with van der Waals surface area (Å²) in [5.74, 6) is -0.738. The quantitative estimate of drug-likeness (QED) is 0.836. The lowest BCUT2D eigenvalue weighted by atomic mass is 10.2. The van der Waals surface area contributed by atoms with Crippen molar-refractivity contribution in [3.8, 4) is 0 Å². The van der Waals surface area contributed by atoms with Gasteiger partial charge >= 0.3 is 5.97 Å². The number of hydrogen-bond donors (Lipinski definition) is 2. The zero-order valence-corrected chi connectivity index (χ0v) is 12.9. The molecule has 0 saturated carbocycles. The van der Waals surface area contributed by atoms with Crippen LogP contribution in [-0.4, -0.2) is 54.6 Å². The van der Waals surface area contributed by atoms with Gasteiger partial charge in [0.1, 0.15) is 0 Å². The van der Waals surface area contributed by atoms with Crippen molar-refractivity contribution < 1.29 is 14.7 Å². The highest BCUT2D eigenvalue weighted by molar-refractivity contribution is 5.90. The number of hydrogen-bond acceptors (Lipinski definition) is 4. The van der Waals surface area contributed by atoms with Gasteiger partial charge < -0.3 is 15.3 Å². The maximum absolute atomic E-state index is 11.5. The number of anilines is 2. The molecule has 1 fully saturated rings. The highest BCUT2D eigenvalue weighted by Crippen LogP contribution is 2.19. The smallest absolute Gasteiger partial charge is 0.317 e. The van der Waals surface area contributed by atoms with Gasteiger partial charge in [-0.25, -0.2) is 0 Å². The molecule has 6 nitrogen and oxygen atoms in total. The molecule has 0 spiro atoms. The third-order valence-corrected chi connectivity index (χ3v) is 3.72. The lowest BCUT2D eigenvalue weighted by molar-refractivity contribution is -0.138. The number of carbonyl (C=O) groups excluding carboxylic acids is 1. The van der Waals surface area contributed by atoms with Gasteiger partial charge in [0.05, 0.1) is 6.54 Å². The summed E-state index contributed by atoms with van der Waals surface area (Å²) >= 11 is 0. The summed E-state index contributed by atoms with van der Waals surface area (Å²) in [6.07, 6.45) is 1.37. The van der Waals surface area contributed by atoms with Crippen molar-refractivity contribution in [2.75, 3.05) is 42.9 Å². The Bertz CT molecular complexity index is 508. The summed E-state index contributed by atoms with van der Waals surface area (Å²) in [4.78, 5) is 26.4. The van der Waals surface area contributed by atoms with Gasteiger partial charge in [0.2, 0.25) is 5.91 Å².